The van der Waals surface area contributed by atoms with Gasteiger partial charge < -0.3 is 5.73 Å². The van der Waals surface area contributed by atoms with Crippen LogP contribution in [0.5, 0.6) is 0 Å². The van der Waals surface area contributed by atoms with Gasteiger partial charge in [0, 0.05) is 23.4 Å². The number of Topliss-reactive ketones (excluding diaryl/α,β-unsaturated/α-hetero) is 1. The van der Waals surface area contributed by atoms with Gasteiger partial charge in [-0.05, 0) is 0 Å². The molecule has 0 aliphatic heterocycles. The minimum Gasteiger partial charge on any atom is -0.398 e. The van der Waals surface area contributed by atoms with E-state index in [1.165, 1.54) is 0 Å². The van der Waals surface area contributed by atoms with Crippen molar-refractivity contribution in [3.8, 4) is 0 Å². The van der Waals surface area contributed by atoms with Crippen molar-refractivity contribution in [2.45, 2.75) is 0 Å². The van der Waals surface area contributed by atoms with Crippen LogP contribution in [-0.2, 0) is 0 Å². The van der Waals surface area contributed by atoms with E-state index in [-0.39, 0.29) is 16.6 Å². The van der Waals surface area contributed by atoms with E-state index in [0.717, 1.165) is 12.1 Å². The first kappa shape index (κ1) is 11.6. The highest BCUT2D eigenvalue weighted by molar-refractivity contribution is 9.09. The molecule has 0 unspecified atom stereocenters. The summed E-state index contributed by atoms with van der Waals surface area (Å²) in [6, 6.07) is 1.61. The lowest BCUT2D eigenvalue weighted by Crippen LogP contribution is -2.07. The Morgan fingerprint density at radius 1 is 1.60 bits per heavy atom. The molecule has 0 radical (unpaired) electrons. The minimum atomic E-state index is -1.05. The van der Waals surface area contributed by atoms with E-state index in [1.807, 2.05) is 0 Å². The summed E-state index contributed by atoms with van der Waals surface area (Å²) in [6.07, 6.45) is 0. The lowest BCUT2D eigenvalue weighted by atomic mass is 10.1. The highest BCUT2D eigenvalue weighted by Crippen LogP contribution is 2.24. The summed E-state index contributed by atoms with van der Waals surface area (Å²) in [7, 11) is 0. The van der Waals surface area contributed by atoms with Crippen molar-refractivity contribution in [2.75, 3.05) is 11.1 Å². The molecule has 1 aromatic carbocycles. The molecule has 0 heterocycles. The van der Waals surface area contributed by atoms with Crippen molar-refractivity contribution in [3.05, 3.63) is 33.6 Å². The van der Waals surface area contributed by atoms with Gasteiger partial charge >= 0.3 is 5.69 Å². The molecule has 80 valence electrons. The molecule has 1 aromatic rings. The summed E-state index contributed by atoms with van der Waals surface area (Å²) >= 11 is 2.90. The van der Waals surface area contributed by atoms with E-state index < -0.39 is 22.2 Å². The number of nitrogens with two attached hydrogens (primary N) is 1. The molecule has 5 nitrogen and oxygen atoms in total. The third-order valence-electron chi connectivity index (χ3n) is 1.74. The summed E-state index contributed by atoms with van der Waals surface area (Å²) in [6.45, 7) is 0. The molecule has 0 fully saturated rings. The standard InChI is InChI=1S/C8H6BrFN2O3/c9-3-8(13)4-1-7(12(14)15)5(10)2-6(4)11/h1-2H,3,11H2. The first-order valence-corrected chi connectivity index (χ1v) is 4.92. The largest absolute Gasteiger partial charge is 0.398 e. The summed E-state index contributed by atoms with van der Waals surface area (Å²) in [5.74, 6) is -1.49. The van der Waals surface area contributed by atoms with Crippen molar-refractivity contribution in [2.24, 2.45) is 0 Å². The van der Waals surface area contributed by atoms with Gasteiger partial charge in [-0.2, -0.15) is 4.39 Å². The van der Waals surface area contributed by atoms with E-state index in [1.54, 1.807) is 0 Å². The number of halogens is 2. The second-order valence-electron chi connectivity index (χ2n) is 2.70. The number of alkyl halides is 1. The lowest BCUT2D eigenvalue weighted by Gasteiger charge is -2.03. The number of carbonyl (C=O) groups is 1. The zero-order valence-electron chi connectivity index (χ0n) is 7.37. The number of nitro benzene ring substituents is 1. The Morgan fingerprint density at radius 2 is 2.20 bits per heavy atom. The Labute approximate surface area is 92.3 Å². The third-order valence-corrected chi connectivity index (χ3v) is 2.25. The van der Waals surface area contributed by atoms with E-state index in [2.05, 4.69) is 15.9 Å². The smallest absolute Gasteiger partial charge is 0.305 e. The molecule has 0 spiro atoms. The molecule has 7 heteroatoms. The van der Waals surface area contributed by atoms with Gasteiger partial charge in [0.2, 0.25) is 5.82 Å². The van der Waals surface area contributed by atoms with Gasteiger partial charge in [-0.15, -0.1) is 0 Å². The van der Waals surface area contributed by atoms with Gasteiger partial charge in [0.05, 0.1) is 10.3 Å². The predicted octanol–water partition coefficient (Wildman–Crippen LogP) is 1.89. The number of hydrogen-bond donors (Lipinski definition) is 1. The minimum absolute atomic E-state index is 0.0278. The molecular formula is C8H6BrFN2O3. The van der Waals surface area contributed by atoms with Crippen molar-refractivity contribution in [3.63, 3.8) is 0 Å². The molecule has 2 N–H and O–H groups in total. The molecule has 1 rings (SSSR count). The monoisotopic (exact) mass is 276 g/mol. The Bertz CT molecular complexity index is 436. The average molecular weight is 277 g/mol. The molecule has 0 saturated heterocycles. The number of nitro groups is 1. The van der Waals surface area contributed by atoms with E-state index in [0.29, 0.717) is 0 Å². The maximum Gasteiger partial charge on any atom is 0.305 e. The Kier molecular flexibility index (Phi) is 3.35. The number of rotatable bonds is 3. The fourth-order valence-corrected chi connectivity index (χ4v) is 1.33. The van der Waals surface area contributed by atoms with Crippen LogP contribution < -0.4 is 5.73 Å². The fraction of sp³-hybridized carbons (Fsp3) is 0.125. The van der Waals surface area contributed by atoms with E-state index in [4.69, 9.17) is 5.73 Å². The van der Waals surface area contributed by atoms with Gasteiger partial charge in [-0.25, -0.2) is 0 Å². The summed E-state index contributed by atoms with van der Waals surface area (Å²) < 4.78 is 13.0. The zero-order chi connectivity index (χ0) is 11.6. The SMILES string of the molecule is Nc1cc(F)c([N+](=O)[O-])cc1C(=O)CBr. The molecule has 0 saturated carbocycles. The van der Waals surface area contributed by atoms with Crippen LogP contribution in [0.3, 0.4) is 0 Å². The number of benzene rings is 1. The summed E-state index contributed by atoms with van der Waals surface area (Å²) in [5, 5.41) is 10.4. The number of nitrogens with zero attached hydrogens (tertiary/aromatic N) is 1. The zero-order valence-corrected chi connectivity index (χ0v) is 8.95. The molecule has 0 aliphatic rings. The molecule has 15 heavy (non-hydrogen) atoms. The summed E-state index contributed by atoms with van der Waals surface area (Å²) in [4.78, 5) is 20.7. The van der Waals surface area contributed by atoms with Crippen molar-refractivity contribution < 1.29 is 14.1 Å². The average Bonchev–Trinajstić information content (AvgIpc) is 2.16. The van der Waals surface area contributed by atoms with Crippen LogP contribution in [0, 0.1) is 15.9 Å². The number of ketones is 1. The Balaban J connectivity index is 3.36. The highest BCUT2D eigenvalue weighted by Gasteiger charge is 2.20. The van der Waals surface area contributed by atoms with Crippen LogP contribution in [0.25, 0.3) is 0 Å². The maximum atomic E-state index is 13.0. The van der Waals surface area contributed by atoms with E-state index in [9.17, 15) is 19.3 Å². The quantitative estimate of drug-likeness (QED) is 0.300. The molecular weight excluding hydrogens is 271 g/mol. The Hall–Kier alpha value is -1.50. The van der Waals surface area contributed by atoms with Gasteiger partial charge in [0.25, 0.3) is 0 Å². The van der Waals surface area contributed by atoms with Gasteiger partial charge in [0.15, 0.2) is 5.78 Å². The number of hydrogen-bond acceptors (Lipinski definition) is 4. The van der Waals surface area contributed by atoms with Crippen molar-refractivity contribution in [1.82, 2.24) is 0 Å². The van der Waals surface area contributed by atoms with Crippen LogP contribution >= 0.6 is 15.9 Å². The van der Waals surface area contributed by atoms with Gasteiger partial charge in [-0.3, -0.25) is 14.9 Å². The number of carbonyl (C=O) groups excluding carboxylic acids is 1. The van der Waals surface area contributed by atoms with E-state index >= 15 is 0 Å². The van der Waals surface area contributed by atoms with Crippen LogP contribution in [0.15, 0.2) is 12.1 Å². The van der Waals surface area contributed by atoms with Crippen LogP contribution in [0.1, 0.15) is 10.4 Å². The molecule has 0 atom stereocenters. The number of anilines is 1. The van der Waals surface area contributed by atoms with Crippen LogP contribution in [0.4, 0.5) is 15.8 Å². The molecule has 0 aromatic heterocycles. The molecule has 0 amide bonds. The molecule has 0 aliphatic carbocycles. The van der Waals surface area contributed by atoms with Crippen LogP contribution in [0.2, 0.25) is 0 Å². The first-order valence-electron chi connectivity index (χ1n) is 3.80. The Morgan fingerprint density at radius 3 is 2.67 bits per heavy atom. The first-order chi connectivity index (χ1) is 6.97. The van der Waals surface area contributed by atoms with Crippen LogP contribution in [-0.4, -0.2) is 16.0 Å². The van der Waals surface area contributed by atoms with Crippen molar-refractivity contribution in [1.29, 1.82) is 0 Å². The normalized spacial score (nSPS) is 10.0. The molecule has 0 bridgehead atoms. The second kappa shape index (κ2) is 4.35. The fourth-order valence-electron chi connectivity index (χ4n) is 1.03. The number of nitrogen functional groups attached to an aromatic ring is 1. The summed E-state index contributed by atoms with van der Waals surface area (Å²) in [5.41, 5.74) is 4.44. The van der Waals surface area contributed by atoms with Crippen molar-refractivity contribution >= 4 is 33.1 Å². The second-order valence-corrected chi connectivity index (χ2v) is 3.27. The van der Waals surface area contributed by atoms with Gasteiger partial charge in [-0.1, -0.05) is 15.9 Å². The third kappa shape index (κ3) is 2.30. The highest BCUT2D eigenvalue weighted by atomic mass is 79.9. The maximum absolute atomic E-state index is 13.0. The predicted molar refractivity (Wildman–Crippen MR) is 55.6 cm³/mol. The topological polar surface area (TPSA) is 86.2 Å². The lowest BCUT2D eigenvalue weighted by molar-refractivity contribution is -0.387. The van der Waals surface area contributed by atoms with Gasteiger partial charge in [0.1, 0.15) is 0 Å².